The summed E-state index contributed by atoms with van der Waals surface area (Å²) >= 11 is 0. The Morgan fingerprint density at radius 1 is 1.00 bits per heavy atom. The van der Waals surface area contributed by atoms with Gasteiger partial charge in [0.1, 0.15) is 0 Å². The van der Waals surface area contributed by atoms with Crippen molar-refractivity contribution in [2.24, 2.45) is 0 Å². The van der Waals surface area contributed by atoms with Crippen LogP contribution in [0, 0.1) is 0 Å². The lowest BCUT2D eigenvalue weighted by molar-refractivity contribution is -0.136. The van der Waals surface area contributed by atoms with E-state index in [1.807, 2.05) is 53.4 Å². The van der Waals surface area contributed by atoms with Gasteiger partial charge in [-0.2, -0.15) is 4.98 Å². The van der Waals surface area contributed by atoms with E-state index in [2.05, 4.69) is 22.3 Å². The molecular formula is C24H27N3O3. The topological polar surface area (TPSA) is 68.5 Å². The Hall–Kier alpha value is -2.99. The molecule has 0 unspecified atom stereocenters. The molecule has 2 aromatic carbocycles. The van der Waals surface area contributed by atoms with Gasteiger partial charge >= 0.3 is 0 Å². The quantitative estimate of drug-likeness (QED) is 0.480. The molecule has 3 aromatic rings. The van der Waals surface area contributed by atoms with Gasteiger partial charge in [0.25, 0.3) is 0 Å². The summed E-state index contributed by atoms with van der Waals surface area (Å²) in [6.07, 6.45) is 3.00. The van der Waals surface area contributed by atoms with E-state index in [-0.39, 0.29) is 11.8 Å². The standard InChI is InChI=1S/C24H27N3O3/c28-23(13-7-12-19-8-3-1-4-9-19)27-16-21(17-27)24-25-22(26-30-24)14-15-29-18-20-10-5-2-6-11-20/h1-6,8-11,21H,7,12-18H2. The average molecular weight is 405 g/mol. The lowest BCUT2D eigenvalue weighted by atomic mass is 9.99. The molecule has 6 heteroatoms. The molecule has 1 aliphatic heterocycles. The molecule has 0 N–H and O–H groups in total. The smallest absolute Gasteiger partial charge is 0.233 e. The number of carbonyl (C=O) groups excluding carboxylic acids is 1. The highest BCUT2D eigenvalue weighted by Crippen LogP contribution is 2.26. The van der Waals surface area contributed by atoms with Crippen molar-refractivity contribution in [3.05, 3.63) is 83.5 Å². The van der Waals surface area contributed by atoms with Crippen LogP contribution in [0.4, 0.5) is 0 Å². The molecule has 0 radical (unpaired) electrons. The number of aromatic nitrogens is 2. The van der Waals surface area contributed by atoms with Gasteiger partial charge in [-0.05, 0) is 24.0 Å². The van der Waals surface area contributed by atoms with Gasteiger partial charge in [-0.15, -0.1) is 0 Å². The van der Waals surface area contributed by atoms with E-state index in [4.69, 9.17) is 9.26 Å². The van der Waals surface area contributed by atoms with Crippen molar-refractivity contribution >= 4 is 5.91 Å². The molecule has 6 nitrogen and oxygen atoms in total. The summed E-state index contributed by atoms with van der Waals surface area (Å²) < 4.78 is 11.1. The van der Waals surface area contributed by atoms with Crippen LogP contribution in [0.2, 0.25) is 0 Å². The fourth-order valence-corrected chi connectivity index (χ4v) is 3.55. The van der Waals surface area contributed by atoms with Crippen molar-refractivity contribution in [3.63, 3.8) is 0 Å². The number of rotatable bonds is 10. The highest BCUT2D eigenvalue weighted by Gasteiger charge is 2.35. The van der Waals surface area contributed by atoms with E-state index in [0.717, 1.165) is 18.4 Å². The van der Waals surface area contributed by atoms with Gasteiger partial charge in [-0.3, -0.25) is 4.79 Å². The summed E-state index contributed by atoms with van der Waals surface area (Å²) in [5, 5.41) is 4.05. The summed E-state index contributed by atoms with van der Waals surface area (Å²) in [5.41, 5.74) is 2.42. The van der Waals surface area contributed by atoms with Crippen LogP contribution >= 0.6 is 0 Å². The second-order valence-electron chi connectivity index (χ2n) is 7.67. The van der Waals surface area contributed by atoms with Gasteiger partial charge in [0.15, 0.2) is 5.82 Å². The molecule has 1 aromatic heterocycles. The first-order valence-corrected chi connectivity index (χ1v) is 10.5. The van der Waals surface area contributed by atoms with Gasteiger partial charge < -0.3 is 14.2 Å². The Morgan fingerprint density at radius 3 is 2.43 bits per heavy atom. The van der Waals surface area contributed by atoms with E-state index in [1.165, 1.54) is 5.56 Å². The number of ether oxygens (including phenoxy) is 1. The molecule has 0 aliphatic carbocycles. The fourth-order valence-electron chi connectivity index (χ4n) is 3.55. The number of amides is 1. The van der Waals surface area contributed by atoms with Crippen molar-refractivity contribution in [3.8, 4) is 0 Å². The molecule has 1 saturated heterocycles. The maximum atomic E-state index is 12.3. The van der Waals surface area contributed by atoms with Crippen molar-refractivity contribution < 1.29 is 14.1 Å². The average Bonchev–Trinajstić information content (AvgIpc) is 3.20. The number of nitrogens with zero attached hydrogens (tertiary/aromatic N) is 3. The zero-order valence-electron chi connectivity index (χ0n) is 17.1. The summed E-state index contributed by atoms with van der Waals surface area (Å²) in [6.45, 7) is 2.45. The molecule has 1 amide bonds. The summed E-state index contributed by atoms with van der Waals surface area (Å²) in [5.74, 6) is 1.64. The summed E-state index contributed by atoms with van der Waals surface area (Å²) in [6, 6.07) is 20.3. The number of benzene rings is 2. The maximum Gasteiger partial charge on any atom is 0.233 e. The van der Waals surface area contributed by atoms with Crippen molar-refractivity contribution in [2.45, 2.75) is 38.2 Å². The molecule has 1 fully saturated rings. The van der Waals surface area contributed by atoms with Crippen molar-refractivity contribution in [2.75, 3.05) is 19.7 Å². The number of carbonyl (C=O) groups is 1. The molecule has 30 heavy (non-hydrogen) atoms. The largest absolute Gasteiger partial charge is 0.376 e. The molecule has 156 valence electrons. The predicted molar refractivity (Wildman–Crippen MR) is 113 cm³/mol. The highest BCUT2D eigenvalue weighted by atomic mass is 16.5. The van der Waals surface area contributed by atoms with Crippen molar-refractivity contribution in [1.82, 2.24) is 15.0 Å². The van der Waals surface area contributed by atoms with Crippen LogP contribution in [0.25, 0.3) is 0 Å². The van der Waals surface area contributed by atoms with Crippen LogP contribution in [0.3, 0.4) is 0 Å². The molecule has 0 spiro atoms. The van der Waals surface area contributed by atoms with E-state index >= 15 is 0 Å². The van der Waals surface area contributed by atoms with Crippen LogP contribution in [-0.4, -0.2) is 40.6 Å². The highest BCUT2D eigenvalue weighted by molar-refractivity contribution is 5.77. The fraction of sp³-hybridized carbons (Fsp3) is 0.375. The Kier molecular flexibility index (Phi) is 6.87. The van der Waals surface area contributed by atoms with Gasteiger partial charge in [-0.25, -0.2) is 0 Å². The third-order valence-corrected chi connectivity index (χ3v) is 5.35. The number of hydrogen-bond acceptors (Lipinski definition) is 5. The van der Waals surface area contributed by atoms with Crippen LogP contribution < -0.4 is 0 Å². The SMILES string of the molecule is O=C(CCCc1ccccc1)N1CC(c2nc(CCOCc3ccccc3)no2)C1. The lowest BCUT2D eigenvalue weighted by Crippen LogP contribution is -2.48. The maximum absolute atomic E-state index is 12.3. The second-order valence-corrected chi connectivity index (χ2v) is 7.67. The van der Waals surface area contributed by atoms with E-state index in [1.54, 1.807) is 0 Å². The lowest BCUT2D eigenvalue weighted by Gasteiger charge is -2.37. The molecule has 2 heterocycles. The first-order chi connectivity index (χ1) is 14.8. The van der Waals surface area contributed by atoms with Gasteiger partial charge in [0.05, 0.1) is 19.1 Å². The predicted octanol–water partition coefficient (Wildman–Crippen LogP) is 3.78. The minimum absolute atomic E-state index is 0.148. The number of hydrogen-bond donors (Lipinski definition) is 0. The van der Waals surface area contributed by atoms with Gasteiger partial charge in [-0.1, -0.05) is 65.8 Å². The van der Waals surface area contributed by atoms with Crippen LogP contribution in [0.1, 0.15) is 41.6 Å². The summed E-state index contributed by atoms with van der Waals surface area (Å²) in [7, 11) is 0. The monoisotopic (exact) mass is 405 g/mol. The minimum Gasteiger partial charge on any atom is -0.376 e. The molecule has 0 bridgehead atoms. The molecule has 1 aliphatic rings. The van der Waals surface area contributed by atoms with Crippen LogP contribution in [0.15, 0.2) is 65.2 Å². The van der Waals surface area contributed by atoms with E-state index in [0.29, 0.717) is 50.9 Å². The molecule has 4 rings (SSSR count). The third-order valence-electron chi connectivity index (χ3n) is 5.35. The zero-order chi connectivity index (χ0) is 20.6. The second kappa shape index (κ2) is 10.2. The molecule has 0 saturated carbocycles. The third kappa shape index (κ3) is 5.54. The minimum atomic E-state index is 0.148. The Labute approximate surface area is 176 Å². The normalized spacial score (nSPS) is 13.9. The van der Waals surface area contributed by atoms with Crippen LogP contribution in [-0.2, 0) is 29.0 Å². The van der Waals surface area contributed by atoms with Crippen LogP contribution in [0.5, 0.6) is 0 Å². The van der Waals surface area contributed by atoms with E-state index < -0.39 is 0 Å². The molecular weight excluding hydrogens is 378 g/mol. The zero-order valence-corrected chi connectivity index (χ0v) is 17.1. The first-order valence-electron chi connectivity index (χ1n) is 10.5. The molecule has 0 atom stereocenters. The van der Waals surface area contributed by atoms with Gasteiger partial charge in [0.2, 0.25) is 11.8 Å². The van der Waals surface area contributed by atoms with Crippen molar-refractivity contribution in [1.29, 1.82) is 0 Å². The Bertz CT molecular complexity index is 921. The van der Waals surface area contributed by atoms with Gasteiger partial charge in [0, 0.05) is 25.9 Å². The number of aryl methyl sites for hydroxylation is 1. The Balaban J connectivity index is 1.13. The number of likely N-dealkylation sites (tertiary alicyclic amines) is 1. The summed E-state index contributed by atoms with van der Waals surface area (Å²) in [4.78, 5) is 18.7. The van der Waals surface area contributed by atoms with E-state index in [9.17, 15) is 4.79 Å². The Morgan fingerprint density at radius 2 is 1.70 bits per heavy atom. The first kappa shape index (κ1) is 20.3.